The first-order valence-corrected chi connectivity index (χ1v) is 5.70. The molecule has 0 atom stereocenters. The van der Waals surface area contributed by atoms with Crippen molar-refractivity contribution in [1.82, 2.24) is 4.90 Å². The van der Waals surface area contributed by atoms with Crippen molar-refractivity contribution >= 4 is 0 Å². The van der Waals surface area contributed by atoms with E-state index in [4.69, 9.17) is 10.00 Å². The molecule has 0 saturated heterocycles. The summed E-state index contributed by atoms with van der Waals surface area (Å²) in [6.45, 7) is 1.60. The van der Waals surface area contributed by atoms with Crippen molar-refractivity contribution in [1.29, 1.82) is 5.26 Å². The quantitative estimate of drug-likeness (QED) is 0.749. The van der Waals surface area contributed by atoms with E-state index in [2.05, 4.69) is 0 Å². The van der Waals surface area contributed by atoms with Gasteiger partial charge in [0.1, 0.15) is 11.6 Å². The van der Waals surface area contributed by atoms with Crippen LogP contribution in [0.15, 0.2) is 18.2 Å². The summed E-state index contributed by atoms with van der Waals surface area (Å²) in [5, 5.41) is 8.56. The summed E-state index contributed by atoms with van der Waals surface area (Å²) in [7, 11) is 1.56. The standard InChI is InChI=1S/C13H16F2N2O/c1-18-9-8-17(7-3-6-16)10-11-12(14)4-2-5-13(11)15/h2,4-5H,3,7-10H2,1H3. The molecule has 0 aliphatic heterocycles. The Morgan fingerprint density at radius 2 is 1.94 bits per heavy atom. The molecule has 0 bridgehead atoms. The zero-order valence-electron chi connectivity index (χ0n) is 10.3. The molecular formula is C13H16F2N2O. The summed E-state index contributed by atoms with van der Waals surface area (Å²) >= 11 is 0. The van der Waals surface area contributed by atoms with Gasteiger partial charge in [-0.05, 0) is 12.1 Å². The summed E-state index contributed by atoms with van der Waals surface area (Å²) in [4.78, 5) is 1.80. The number of ether oxygens (including phenoxy) is 1. The molecular weight excluding hydrogens is 238 g/mol. The number of nitriles is 1. The Balaban J connectivity index is 2.72. The Kier molecular flexibility index (Phi) is 6.26. The molecule has 5 heteroatoms. The zero-order chi connectivity index (χ0) is 13.4. The fourth-order valence-electron chi connectivity index (χ4n) is 1.61. The number of hydrogen-bond donors (Lipinski definition) is 0. The Labute approximate surface area is 106 Å². The maximum absolute atomic E-state index is 13.5. The normalized spacial score (nSPS) is 10.6. The highest BCUT2D eigenvalue weighted by molar-refractivity contribution is 5.19. The van der Waals surface area contributed by atoms with Crippen LogP contribution in [-0.2, 0) is 11.3 Å². The van der Waals surface area contributed by atoms with Crippen LogP contribution in [-0.4, -0.2) is 31.7 Å². The molecule has 0 saturated carbocycles. The van der Waals surface area contributed by atoms with Crippen LogP contribution in [0.25, 0.3) is 0 Å². The van der Waals surface area contributed by atoms with Gasteiger partial charge in [-0.15, -0.1) is 0 Å². The molecule has 0 aliphatic carbocycles. The number of benzene rings is 1. The van der Waals surface area contributed by atoms with Crippen molar-refractivity contribution in [3.05, 3.63) is 35.4 Å². The van der Waals surface area contributed by atoms with Gasteiger partial charge in [0.15, 0.2) is 0 Å². The summed E-state index contributed by atoms with van der Waals surface area (Å²) < 4.78 is 31.9. The van der Waals surface area contributed by atoms with Crippen LogP contribution in [0.5, 0.6) is 0 Å². The molecule has 0 amide bonds. The predicted octanol–water partition coefficient (Wildman–Crippen LogP) is 2.33. The second kappa shape index (κ2) is 7.75. The van der Waals surface area contributed by atoms with E-state index < -0.39 is 11.6 Å². The first-order chi connectivity index (χ1) is 8.69. The van der Waals surface area contributed by atoms with E-state index in [0.717, 1.165) is 0 Å². The number of halogens is 2. The lowest BCUT2D eigenvalue weighted by molar-refractivity contribution is 0.144. The third-order valence-electron chi connectivity index (χ3n) is 2.59. The van der Waals surface area contributed by atoms with Crippen molar-refractivity contribution in [2.45, 2.75) is 13.0 Å². The fraction of sp³-hybridized carbons (Fsp3) is 0.462. The van der Waals surface area contributed by atoms with Crippen molar-refractivity contribution in [2.24, 2.45) is 0 Å². The van der Waals surface area contributed by atoms with Gasteiger partial charge in [0.2, 0.25) is 0 Å². The molecule has 0 heterocycles. The SMILES string of the molecule is COCCN(CCC#N)Cc1c(F)cccc1F. The Bertz CT molecular complexity index is 398. The van der Waals surface area contributed by atoms with Gasteiger partial charge in [0.05, 0.1) is 12.7 Å². The van der Waals surface area contributed by atoms with Crippen LogP contribution in [0.2, 0.25) is 0 Å². The van der Waals surface area contributed by atoms with Gasteiger partial charge in [-0.2, -0.15) is 5.26 Å². The van der Waals surface area contributed by atoms with Crippen molar-refractivity contribution in [2.75, 3.05) is 26.8 Å². The van der Waals surface area contributed by atoms with Crippen molar-refractivity contribution < 1.29 is 13.5 Å². The van der Waals surface area contributed by atoms with E-state index in [-0.39, 0.29) is 12.1 Å². The summed E-state index contributed by atoms with van der Waals surface area (Å²) in [5.41, 5.74) is 0.0338. The monoisotopic (exact) mass is 254 g/mol. The lowest BCUT2D eigenvalue weighted by Crippen LogP contribution is -2.28. The molecule has 0 spiro atoms. The predicted molar refractivity (Wildman–Crippen MR) is 63.7 cm³/mol. The van der Waals surface area contributed by atoms with E-state index >= 15 is 0 Å². The second-order valence-corrected chi connectivity index (χ2v) is 3.88. The number of rotatable bonds is 7. The van der Waals surface area contributed by atoms with E-state index in [1.165, 1.54) is 18.2 Å². The lowest BCUT2D eigenvalue weighted by atomic mass is 10.2. The highest BCUT2D eigenvalue weighted by atomic mass is 19.1. The molecule has 1 rings (SSSR count). The maximum atomic E-state index is 13.5. The molecule has 3 nitrogen and oxygen atoms in total. The van der Waals surface area contributed by atoms with Gasteiger partial charge in [0, 0.05) is 38.7 Å². The third-order valence-corrected chi connectivity index (χ3v) is 2.59. The van der Waals surface area contributed by atoms with Gasteiger partial charge >= 0.3 is 0 Å². The van der Waals surface area contributed by atoms with Crippen LogP contribution in [0.1, 0.15) is 12.0 Å². The minimum atomic E-state index is -0.561. The van der Waals surface area contributed by atoms with Crippen molar-refractivity contribution in [3.63, 3.8) is 0 Å². The van der Waals surface area contributed by atoms with Gasteiger partial charge in [-0.1, -0.05) is 6.07 Å². The van der Waals surface area contributed by atoms with E-state index in [1.807, 2.05) is 6.07 Å². The smallest absolute Gasteiger partial charge is 0.130 e. The van der Waals surface area contributed by atoms with Crippen molar-refractivity contribution in [3.8, 4) is 6.07 Å². The first-order valence-electron chi connectivity index (χ1n) is 5.70. The van der Waals surface area contributed by atoms with Gasteiger partial charge in [-0.25, -0.2) is 8.78 Å². The van der Waals surface area contributed by atoms with Crippen LogP contribution in [0.3, 0.4) is 0 Å². The van der Waals surface area contributed by atoms with Crippen LogP contribution in [0.4, 0.5) is 8.78 Å². The Morgan fingerprint density at radius 3 is 2.50 bits per heavy atom. The van der Waals surface area contributed by atoms with Crippen LogP contribution in [0, 0.1) is 23.0 Å². The number of methoxy groups -OCH3 is 1. The average molecular weight is 254 g/mol. The number of hydrogen-bond acceptors (Lipinski definition) is 3. The molecule has 0 aromatic heterocycles. The Hall–Kier alpha value is -1.51. The second-order valence-electron chi connectivity index (χ2n) is 3.88. The molecule has 18 heavy (non-hydrogen) atoms. The summed E-state index contributed by atoms with van der Waals surface area (Å²) in [5.74, 6) is -1.12. The Morgan fingerprint density at radius 1 is 1.28 bits per heavy atom. The summed E-state index contributed by atoms with van der Waals surface area (Å²) in [6, 6.07) is 5.82. The topological polar surface area (TPSA) is 36.3 Å². The maximum Gasteiger partial charge on any atom is 0.130 e. The minimum absolute atomic E-state index is 0.0338. The lowest BCUT2D eigenvalue weighted by Gasteiger charge is -2.21. The van der Waals surface area contributed by atoms with Crippen LogP contribution < -0.4 is 0 Å². The average Bonchev–Trinajstić information content (AvgIpc) is 2.36. The third kappa shape index (κ3) is 4.40. The first kappa shape index (κ1) is 14.6. The van der Waals surface area contributed by atoms with E-state index in [0.29, 0.717) is 26.1 Å². The molecule has 0 N–H and O–H groups in total. The van der Waals surface area contributed by atoms with E-state index in [9.17, 15) is 8.78 Å². The van der Waals surface area contributed by atoms with Gasteiger partial charge in [0.25, 0.3) is 0 Å². The van der Waals surface area contributed by atoms with Gasteiger partial charge < -0.3 is 4.74 Å². The molecule has 0 fully saturated rings. The zero-order valence-corrected chi connectivity index (χ0v) is 10.3. The highest BCUT2D eigenvalue weighted by Gasteiger charge is 2.13. The summed E-state index contributed by atoms with van der Waals surface area (Å²) in [6.07, 6.45) is 0.319. The number of nitrogens with zero attached hydrogens (tertiary/aromatic N) is 2. The minimum Gasteiger partial charge on any atom is -0.383 e. The fourth-order valence-corrected chi connectivity index (χ4v) is 1.61. The largest absolute Gasteiger partial charge is 0.383 e. The molecule has 0 unspecified atom stereocenters. The highest BCUT2D eigenvalue weighted by Crippen LogP contribution is 2.14. The van der Waals surface area contributed by atoms with Gasteiger partial charge in [-0.3, -0.25) is 4.90 Å². The molecule has 1 aromatic carbocycles. The van der Waals surface area contributed by atoms with E-state index in [1.54, 1.807) is 12.0 Å². The molecule has 98 valence electrons. The molecule has 0 radical (unpaired) electrons. The molecule has 0 aliphatic rings. The van der Waals surface area contributed by atoms with Crippen LogP contribution >= 0.6 is 0 Å². The molecule has 1 aromatic rings.